The second kappa shape index (κ2) is 2.33. The van der Waals surface area contributed by atoms with Crippen LogP contribution in [0.15, 0.2) is 42.4 Å². The molecule has 0 radical (unpaired) electrons. The van der Waals surface area contributed by atoms with Crippen molar-refractivity contribution in [2.45, 2.75) is 0 Å². The van der Waals surface area contributed by atoms with Crippen molar-refractivity contribution in [2.24, 2.45) is 0 Å². The number of rotatable bonds is 0. The minimum atomic E-state index is -0.399. The molecule has 2 heterocycles. The van der Waals surface area contributed by atoms with E-state index >= 15 is 0 Å². The van der Waals surface area contributed by atoms with Gasteiger partial charge in [0, 0.05) is 22.5 Å². The molecule has 3 rings (SSSR count). The van der Waals surface area contributed by atoms with E-state index in [1.165, 1.54) is 0 Å². The van der Waals surface area contributed by atoms with Crippen molar-refractivity contribution in [3.05, 3.63) is 42.4 Å². The Labute approximate surface area is 85.1 Å². The van der Waals surface area contributed by atoms with Crippen LogP contribution in [0.4, 0.5) is 0 Å². The number of fused-ring (bicyclic) bond motifs is 3. The number of hydrogen-bond acceptors (Lipinski definition) is 1. The number of pyridine rings is 1. The molecular weight excluding hydrogens is 160 g/mol. The van der Waals surface area contributed by atoms with E-state index in [0.29, 0.717) is 0 Å². The van der Waals surface area contributed by atoms with Crippen molar-refractivity contribution in [1.29, 1.82) is 0 Å². The van der Waals surface area contributed by atoms with E-state index in [9.17, 15) is 0 Å². The topological polar surface area (TPSA) is 28.7 Å². The SMILES string of the molecule is [2H]c1nc2[nH]c3c([2H])c([2H])c([2H])c([2H])c3c2c([2H])c1[2H]. The Balaban J connectivity index is 2.69. The highest BCUT2D eigenvalue weighted by Crippen LogP contribution is 2.22. The van der Waals surface area contributed by atoms with Gasteiger partial charge in [0.15, 0.2) is 0 Å². The molecule has 0 saturated heterocycles. The number of nitrogens with zero attached hydrogens (tertiary/aromatic N) is 1. The van der Waals surface area contributed by atoms with Crippen LogP contribution in [0.5, 0.6) is 0 Å². The van der Waals surface area contributed by atoms with Crippen molar-refractivity contribution < 1.29 is 9.60 Å². The summed E-state index contributed by atoms with van der Waals surface area (Å²) >= 11 is 0. The molecule has 1 aromatic carbocycles. The monoisotopic (exact) mass is 175 g/mol. The lowest BCUT2D eigenvalue weighted by Crippen LogP contribution is -1.71. The van der Waals surface area contributed by atoms with E-state index in [4.69, 9.17) is 9.60 Å². The molecule has 3 aromatic rings. The molecule has 0 saturated carbocycles. The second-order valence-corrected chi connectivity index (χ2v) is 2.57. The zero-order valence-corrected chi connectivity index (χ0v) is 6.45. The molecule has 2 heteroatoms. The first-order valence-corrected chi connectivity index (χ1v) is 3.70. The first-order chi connectivity index (χ1) is 9.34. The molecule has 0 atom stereocenters. The van der Waals surface area contributed by atoms with Gasteiger partial charge in [0.25, 0.3) is 0 Å². The Morgan fingerprint density at radius 2 is 1.92 bits per heavy atom. The van der Waals surface area contributed by atoms with Gasteiger partial charge in [-0.15, -0.1) is 0 Å². The minimum absolute atomic E-state index is 0.123. The summed E-state index contributed by atoms with van der Waals surface area (Å²) in [5.41, 5.74) is 0.259. The molecule has 0 unspecified atom stereocenters. The molecule has 0 aliphatic rings. The van der Waals surface area contributed by atoms with Gasteiger partial charge in [-0.1, -0.05) is 18.1 Å². The van der Waals surface area contributed by atoms with Gasteiger partial charge in [-0.05, 0) is 18.1 Å². The van der Waals surface area contributed by atoms with Crippen LogP contribution in [0.1, 0.15) is 9.60 Å². The second-order valence-electron chi connectivity index (χ2n) is 2.57. The van der Waals surface area contributed by atoms with Gasteiger partial charge >= 0.3 is 0 Å². The van der Waals surface area contributed by atoms with Crippen molar-refractivity contribution in [3.8, 4) is 0 Å². The average molecular weight is 175 g/mol. The number of hydrogen-bond donors (Lipinski definition) is 1. The van der Waals surface area contributed by atoms with Crippen LogP contribution in [0.25, 0.3) is 21.9 Å². The number of aromatic amines is 1. The lowest BCUT2D eigenvalue weighted by molar-refractivity contribution is 1.35. The molecule has 1 N–H and O–H groups in total. The van der Waals surface area contributed by atoms with E-state index in [1.54, 1.807) is 0 Å². The zero-order chi connectivity index (χ0) is 14.8. The highest BCUT2D eigenvalue weighted by Gasteiger charge is 2.01. The van der Waals surface area contributed by atoms with Gasteiger partial charge in [-0.2, -0.15) is 0 Å². The standard InChI is InChI=1S/C11H8N2/c1-2-6-10-8(4-1)9-5-3-7-12-11(9)13-10/h1-7H,(H,12,13)/i1D,2D,3D,4D,5D,6D,7D. The largest absolute Gasteiger partial charge is 0.339 e. The molecular formula is C11H8N2. The molecule has 2 aromatic heterocycles. The van der Waals surface area contributed by atoms with Crippen LogP contribution < -0.4 is 0 Å². The maximum atomic E-state index is 7.92. The smallest absolute Gasteiger partial charge is 0.138 e. The van der Waals surface area contributed by atoms with Gasteiger partial charge in [-0.25, -0.2) is 4.98 Å². The summed E-state index contributed by atoms with van der Waals surface area (Å²) in [7, 11) is 0. The predicted molar refractivity (Wildman–Crippen MR) is 53.6 cm³/mol. The van der Waals surface area contributed by atoms with Gasteiger partial charge in [-0.3, -0.25) is 0 Å². The summed E-state index contributed by atoms with van der Waals surface area (Å²) in [4.78, 5) is 6.55. The van der Waals surface area contributed by atoms with E-state index in [0.717, 1.165) is 0 Å². The van der Waals surface area contributed by atoms with Crippen molar-refractivity contribution >= 4 is 21.9 Å². The molecule has 0 amide bonds. The zero-order valence-electron chi connectivity index (χ0n) is 13.4. The van der Waals surface area contributed by atoms with E-state index < -0.39 is 6.04 Å². The highest BCUT2D eigenvalue weighted by atomic mass is 14.8. The number of para-hydroxylation sites is 1. The number of H-pyrrole nitrogens is 1. The van der Waals surface area contributed by atoms with Gasteiger partial charge < -0.3 is 4.98 Å². The maximum absolute atomic E-state index is 7.92. The number of nitrogens with one attached hydrogen (secondary N) is 1. The van der Waals surface area contributed by atoms with Crippen LogP contribution in [-0.4, -0.2) is 9.97 Å². The molecule has 2 nitrogen and oxygen atoms in total. The Morgan fingerprint density at radius 1 is 1.08 bits per heavy atom. The summed E-state index contributed by atoms with van der Waals surface area (Å²) < 4.78 is 54.1. The third-order valence-corrected chi connectivity index (χ3v) is 1.83. The first-order valence-electron chi connectivity index (χ1n) is 7.20. The summed E-state index contributed by atoms with van der Waals surface area (Å²) in [6, 6.07) is -1.94. The molecule has 0 aliphatic heterocycles. The van der Waals surface area contributed by atoms with Gasteiger partial charge in [0.05, 0.1) is 9.60 Å². The van der Waals surface area contributed by atoms with Crippen LogP contribution in [0.3, 0.4) is 0 Å². The van der Waals surface area contributed by atoms with Crippen LogP contribution in [0.2, 0.25) is 0 Å². The fourth-order valence-corrected chi connectivity index (χ4v) is 1.27. The molecule has 0 aliphatic carbocycles. The van der Waals surface area contributed by atoms with Crippen molar-refractivity contribution in [1.82, 2.24) is 9.97 Å². The van der Waals surface area contributed by atoms with Crippen molar-refractivity contribution in [2.75, 3.05) is 0 Å². The summed E-state index contributed by atoms with van der Waals surface area (Å²) in [6.07, 6.45) is -0.371. The lowest BCUT2D eigenvalue weighted by atomic mass is 10.2. The molecule has 13 heavy (non-hydrogen) atoms. The van der Waals surface area contributed by atoms with E-state index in [2.05, 4.69) is 9.97 Å². The molecule has 0 spiro atoms. The third-order valence-electron chi connectivity index (χ3n) is 1.83. The maximum Gasteiger partial charge on any atom is 0.138 e. The van der Waals surface area contributed by atoms with Crippen LogP contribution >= 0.6 is 0 Å². The Morgan fingerprint density at radius 3 is 2.92 bits per heavy atom. The first kappa shape index (κ1) is 2.84. The number of benzene rings is 1. The fourth-order valence-electron chi connectivity index (χ4n) is 1.27. The Bertz CT molecular complexity index is 884. The predicted octanol–water partition coefficient (Wildman–Crippen LogP) is 2.72. The number of aromatic nitrogens is 2. The molecule has 62 valence electrons. The van der Waals surface area contributed by atoms with Gasteiger partial charge in [0.2, 0.25) is 0 Å². The summed E-state index contributed by atoms with van der Waals surface area (Å²) in [5.74, 6) is 0. The Hall–Kier alpha value is -1.83. The fraction of sp³-hybridized carbons (Fsp3) is 0. The van der Waals surface area contributed by atoms with Crippen LogP contribution in [-0.2, 0) is 0 Å². The van der Waals surface area contributed by atoms with Crippen LogP contribution in [0, 0.1) is 0 Å². The lowest BCUT2D eigenvalue weighted by Gasteiger charge is -1.87. The summed E-state index contributed by atoms with van der Waals surface area (Å²) in [6.45, 7) is 0. The van der Waals surface area contributed by atoms with E-state index in [-0.39, 0.29) is 58.3 Å². The third kappa shape index (κ3) is 0.855. The normalized spacial score (nSPS) is 18.6. The molecule has 0 bridgehead atoms. The quantitative estimate of drug-likeness (QED) is 0.559. The highest BCUT2D eigenvalue weighted by molar-refractivity contribution is 6.05. The van der Waals surface area contributed by atoms with Gasteiger partial charge in [0.1, 0.15) is 5.65 Å². The molecule has 0 fully saturated rings. The van der Waals surface area contributed by atoms with E-state index in [1.807, 2.05) is 0 Å². The average Bonchev–Trinajstić information content (AvgIpc) is 2.79. The summed E-state index contributed by atoms with van der Waals surface area (Å²) in [5, 5.41) is 0.282. The van der Waals surface area contributed by atoms with Crippen molar-refractivity contribution in [3.63, 3.8) is 0 Å². The Kier molecular flexibility index (Phi) is 0.508. The minimum Gasteiger partial charge on any atom is -0.339 e.